The van der Waals surface area contributed by atoms with Gasteiger partial charge < -0.3 is 24.3 Å². The first-order valence-corrected chi connectivity index (χ1v) is 18.9. The number of aliphatic hydroxyl groups excluding tert-OH is 1. The average Bonchev–Trinajstić information content (AvgIpc) is 3.64. The molecule has 4 aromatic carbocycles. The largest absolute Gasteiger partial charge is 0.431 e. The normalized spacial score (nSPS) is 18.4. The maximum atomic E-state index is 12.6. The van der Waals surface area contributed by atoms with Crippen LogP contribution in [0.2, 0.25) is 0 Å². The molecule has 0 aliphatic carbocycles. The number of oxazole rings is 1. The molecule has 2 heterocycles. The molecule has 0 spiro atoms. The van der Waals surface area contributed by atoms with Crippen molar-refractivity contribution in [3.8, 4) is 22.6 Å². The van der Waals surface area contributed by atoms with E-state index in [1.165, 1.54) is 11.8 Å². The van der Waals surface area contributed by atoms with Gasteiger partial charge in [-0.3, -0.25) is 14.8 Å². The van der Waals surface area contributed by atoms with E-state index in [1.807, 2.05) is 109 Å². The van der Waals surface area contributed by atoms with E-state index in [1.54, 1.807) is 5.48 Å². The Balaban J connectivity index is 1.15. The Labute approximate surface area is 313 Å². The van der Waals surface area contributed by atoms with Gasteiger partial charge in [-0.05, 0) is 43.0 Å². The van der Waals surface area contributed by atoms with Crippen LogP contribution in [0.4, 0.5) is 5.69 Å². The Morgan fingerprint density at radius 3 is 2.08 bits per heavy atom. The van der Waals surface area contributed by atoms with Crippen LogP contribution in [0.1, 0.15) is 81.0 Å². The van der Waals surface area contributed by atoms with Crippen LogP contribution < -0.4 is 10.8 Å². The molecule has 1 aliphatic heterocycles. The van der Waals surface area contributed by atoms with Crippen LogP contribution in [0, 0.1) is 0 Å². The maximum Gasteiger partial charge on any atom is 0.256 e. The van der Waals surface area contributed by atoms with Crippen LogP contribution in [0.15, 0.2) is 119 Å². The van der Waals surface area contributed by atoms with Crippen LogP contribution in [-0.2, 0) is 25.7 Å². The zero-order chi connectivity index (χ0) is 37.0. The second-order valence-corrected chi connectivity index (χ2v) is 14.4. The molecule has 3 atom stereocenters. The van der Waals surface area contributed by atoms with Gasteiger partial charge in [0.25, 0.3) is 5.22 Å². The summed E-state index contributed by atoms with van der Waals surface area (Å²) in [4.78, 5) is 28.7. The highest BCUT2D eigenvalue weighted by molar-refractivity contribution is 7.99. The van der Waals surface area contributed by atoms with Gasteiger partial charge in [0.2, 0.25) is 11.8 Å². The van der Waals surface area contributed by atoms with E-state index >= 15 is 0 Å². The Kier molecular flexibility index (Phi) is 13.1. The Morgan fingerprint density at radius 2 is 1.43 bits per heavy atom. The molecule has 2 amide bonds. The van der Waals surface area contributed by atoms with Crippen molar-refractivity contribution in [3.63, 3.8) is 0 Å². The highest BCUT2D eigenvalue weighted by Crippen LogP contribution is 2.45. The average molecular weight is 736 g/mol. The summed E-state index contributed by atoms with van der Waals surface area (Å²) >= 11 is 1.51. The molecule has 5 aromatic rings. The molecule has 0 saturated carbocycles. The summed E-state index contributed by atoms with van der Waals surface area (Å²) in [7, 11) is 0. The van der Waals surface area contributed by atoms with E-state index in [0.717, 1.165) is 46.4 Å². The fourth-order valence-electron chi connectivity index (χ4n) is 6.28. The van der Waals surface area contributed by atoms with E-state index in [4.69, 9.17) is 24.1 Å². The molecule has 4 N–H and O–H groups in total. The van der Waals surface area contributed by atoms with Crippen molar-refractivity contribution >= 4 is 29.3 Å². The number of aromatic nitrogens is 1. The highest BCUT2D eigenvalue weighted by Gasteiger charge is 2.41. The number of carbonyl (C=O) groups is 2. The van der Waals surface area contributed by atoms with Gasteiger partial charge in [-0.25, -0.2) is 10.5 Å². The summed E-state index contributed by atoms with van der Waals surface area (Å²) in [6.07, 6.45) is 3.26. The number of thioether (sulfide) groups is 1. The first kappa shape index (κ1) is 38.0. The Morgan fingerprint density at radius 1 is 0.811 bits per heavy atom. The number of anilines is 1. The first-order valence-electron chi connectivity index (χ1n) is 17.9. The number of ether oxygens (including phenoxy) is 2. The maximum absolute atomic E-state index is 12.6. The summed E-state index contributed by atoms with van der Waals surface area (Å²) in [6.45, 7) is 2.05. The van der Waals surface area contributed by atoms with Gasteiger partial charge in [-0.2, -0.15) is 0 Å². The summed E-state index contributed by atoms with van der Waals surface area (Å²) < 4.78 is 19.7. The third-order valence-electron chi connectivity index (χ3n) is 9.17. The van der Waals surface area contributed by atoms with Crippen molar-refractivity contribution in [1.29, 1.82) is 0 Å². The van der Waals surface area contributed by atoms with Gasteiger partial charge in [0.15, 0.2) is 12.1 Å². The van der Waals surface area contributed by atoms with Crippen molar-refractivity contribution in [3.05, 3.63) is 126 Å². The van der Waals surface area contributed by atoms with Gasteiger partial charge >= 0.3 is 0 Å². The van der Waals surface area contributed by atoms with Crippen molar-refractivity contribution < 1.29 is 33.8 Å². The lowest BCUT2D eigenvalue weighted by atomic mass is 9.93. The number of nitrogens with one attached hydrogen (secondary N) is 2. The number of benzene rings is 4. The number of hydroxylamine groups is 1. The molecule has 0 radical (unpaired) electrons. The molecule has 1 aliphatic rings. The molecule has 6 rings (SSSR count). The van der Waals surface area contributed by atoms with E-state index in [2.05, 4.69) is 12.2 Å². The molecule has 1 fully saturated rings. The molecule has 11 heteroatoms. The SMILES string of the molecule is C[C@]1(CSc2nc(-c3ccccc3)c(-c3ccccc3)o2)C[C@@H](c2ccc(CO)cc2)O[C@@H](c2ccc(NC(=O)CCCCCCC(=O)NO)cc2)O1. The Bertz CT molecular complexity index is 1860. The van der Waals surface area contributed by atoms with Gasteiger partial charge in [0.1, 0.15) is 5.69 Å². The minimum atomic E-state index is -0.682. The summed E-state index contributed by atoms with van der Waals surface area (Å²) in [6, 6.07) is 35.3. The molecule has 0 bridgehead atoms. The monoisotopic (exact) mass is 735 g/mol. The predicted octanol–water partition coefficient (Wildman–Crippen LogP) is 9.01. The highest BCUT2D eigenvalue weighted by atomic mass is 32.2. The lowest BCUT2D eigenvalue weighted by Gasteiger charge is -2.42. The number of amides is 2. The second-order valence-electron chi connectivity index (χ2n) is 13.4. The van der Waals surface area contributed by atoms with Gasteiger partial charge in [0, 0.05) is 47.4 Å². The third-order valence-corrected chi connectivity index (χ3v) is 10.3. The second kappa shape index (κ2) is 18.3. The number of aliphatic hydroxyl groups is 1. The molecule has 276 valence electrons. The standard InChI is InChI=1S/C42H45N3O7S/c1-42(28-53-41-44-38(31-12-6-4-7-13-31)39(51-41)32-14-8-5-9-15-32)26-35(30-20-18-29(27-46)19-21-30)50-40(52-42)33-22-24-34(25-23-33)43-36(47)16-10-2-3-11-17-37(48)45-49/h4-9,12-15,18-25,35,40,46,49H,2-3,10-11,16-17,26-28H2,1H3,(H,43,47)(H,45,48)/t35-,40+,42+/m0/s1. The Hall–Kier alpha value is -4.78. The number of nitrogens with zero attached hydrogens (tertiary/aromatic N) is 1. The third kappa shape index (κ3) is 10.4. The number of rotatable bonds is 16. The molecule has 0 unspecified atom stereocenters. The molecule has 10 nitrogen and oxygen atoms in total. The molecule has 1 saturated heterocycles. The van der Waals surface area contributed by atoms with Crippen LogP contribution in [0.5, 0.6) is 0 Å². The van der Waals surface area contributed by atoms with Crippen LogP contribution in [0.3, 0.4) is 0 Å². The van der Waals surface area contributed by atoms with Gasteiger partial charge in [-0.1, -0.05) is 122 Å². The predicted molar refractivity (Wildman–Crippen MR) is 204 cm³/mol. The molecule has 53 heavy (non-hydrogen) atoms. The minimum absolute atomic E-state index is 0.0353. The van der Waals surface area contributed by atoms with Crippen LogP contribution >= 0.6 is 11.8 Å². The topological polar surface area (TPSA) is 143 Å². The summed E-state index contributed by atoms with van der Waals surface area (Å²) in [5.41, 5.74) is 7.01. The number of carbonyl (C=O) groups excluding carboxylic acids is 2. The fourth-order valence-corrected chi connectivity index (χ4v) is 7.19. The van der Waals surface area contributed by atoms with Gasteiger partial charge in [-0.15, -0.1) is 0 Å². The van der Waals surface area contributed by atoms with E-state index in [9.17, 15) is 14.7 Å². The fraction of sp³-hybridized carbons (Fsp3) is 0.310. The van der Waals surface area contributed by atoms with Crippen molar-refractivity contribution in [2.45, 2.75) is 81.7 Å². The number of hydrogen-bond donors (Lipinski definition) is 4. The lowest BCUT2D eigenvalue weighted by molar-refractivity contribution is -0.278. The molecule has 1 aromatic heterocycles. The van der Waals surface area contributed by atoms with Crippen molar-refractivity contribution in [2.24, 2.45) is 0 Å². The van der Waals surface area contributed by atoms with E-state index in [-0.39, 0.29) is 25.0 Å². The summed E-state index contributed by atoms with van der Waals surface area (Å²) in [5, 5.41) is 21.7. The number of hydrogen-bond acceptors (Lipinski definition) is 9. The van der Waals surface area contributed by atoms with Crippen LogP contribution in [0.25, 0.3) is 22.6 Å². The minimum Gasteiger partial charge on any atom is -0.431 e. The molecular formula is C42H45N3O7S. The van der Waals surface area contributed by atoms with E-state index < -0.39 is 17.8 Å². The first-order chi connectivity index (χ1) is 25.8. The molecular weight excluding hydrogens is 691 g/mol. The summed E-state index contributed by atoms with van der Waals surface area (Å²) in [5.74, 6) is 0.787. The van der Waals surface area contributed by atoms with E-state index in [0.29, 0.717) is 48.1 Å². The zero-order valence-electron chi connectivity index (χ0n) is 29.7. The number of unbranched alkanes of at least 4 members (excludes halogenated alkanes) is 3. The smallest absolute Gasteiger partial charge is 0.256 e. The van der Waals surface area contributed by atoms with Crippen LogP contribution in [-0.4, -0.2) is 38.5 Å². The quantitative estimate of drug-likeness (QED) is 0.0338. The zero-order valence-corrected chi connectivity index (χ0v) is 30.5. The van der Waals surface area contributed by atoms with Crippen molar-refractivity contribution in [1.82, 2.24) is 10.5 Å². The van der Waals surface area contributed by atoms with Gasteiger partial charge in [0.05, 0.1) is 18.3 Å². The lowest BCUT2D eigenvalue weighted by Crippen LogP contribution is -2.41. The van der Waals surface area contributed by atoms with Crippen molar-refractivity contribution in [2.75, 3.05) is 11.1 Å².